The van der Waals surface area contributed by atoms with Crippen LogP contribution in [0.25, 0.3) is 0 Å². The summed E-state index contributed by atoms with van der Waals surface area (Å²) in [5, 5.41) is 0. The molecule has 0 heterocycles. The summed E-state index contributed by atoms with van der Waals surface area (Å²) < 4.78 is 21.2. The molecule has 0 aliphatic rings. The molecule has 0 aromatic carbocycles. The SMILES string of the molecule is CCCCS[O][Sn](=[O])[O]SCCCC. The van der Waals surface area contributed by atoms with E-state index in [1.807, 2.05) is 0 Å². The molecule has 0 unspecified atom stereocenters. The van der Waals surface area contributed by atoms with E-state index in [9.17, 15) is 3.08 Å². The molecule has 14 heavy (non-hydrogen) atoms. The van der Waals surface area contributed by atoms with Crippen molar-refractivity contribution in [3.8, 4) is 0 Å². The van der Waals surface area contributed by atoms with Crippen LogP contribution in [-0.2, 0) is 8.12 Å². The van der Waals surface area contributed by atoms with Crippen LogP contribution in [0, 0.1) is 0 Å². The summed E-state index contributed by atoms with van der Waals surface area (Å²) in [6.45, 7) is 4.24. The molecule has 0 spiro atoms. The molecule has 0 N–H and O–H groups in total. The van der Waals surface area contributed by atoms with Crippen molar-refractivity contribution < 1.29 is 8.12 Å². The molecule has 0 saturated carbocycles. The predicted molar refractivity (Wildman–Crippen MR) is 63.3 cm³/mol. The first-order valence-electron chi connectivity index (χ1n) is 4.94. The van der Waals surface area contributed by atoms with Crippen LogP contribution in [0.1, 0.15) is 39.5 Å². The van der Waals surface area contributed by atoms with Gasteiger partial charge in [0, 0.05) is 0 Å². The second kappa shape index (κ2) is 12.3. The van der Waals surface area contributed by atoms with Gasteiger partial charge in [-0.2, -0.15) is 0 Å². The monoisotopic (exact) mass is 346 g/mol. The van der Waals surface area contributed by atoms with Crippen molar-refractivity contribution in [1.29, 1.82) is 0 Å². The molecule has 0 aromatic rings. The van der Waals surface area contributed by atoms with Gasteiger partial charge in [0.1, 0.15) is 0 Å². The van der Waals surface area contributed by atoms with E-state index in [0.29, 0.717) is 0 Å². The van der Waals surface area contributed by atoms with Gasteiger partial charge in [0.15, 0.2) is 0 Å². The van der Waals surface area contributed by atoms with Gasteiger partial charge in [-0.25, -0.2) is 0 Å². The first-order valence-corrected chi connectivity index (χ1v) is 10.3. The van der Waals surface area contributed by atoms with Crippen LogP contribution in [0.3, 0.4) is 0 Å². The second-order valence-electron chi connectivity index (χ2n) is 2.77. The third-order valence-corrected chi connectivity index (χ3v) is 7.18. The predicted octanol–water partition coefficient (Wildman–Crippen LogP) is 3.33. The van der Waals surface area contributed by atoms with Gasteiger partial charge in [0.25, 0.3) is 0 Å². The van der Waals surface area contributed by atoms with Crippen molar-refractivity contribution in [1.82, 2.24) is 0 Å². The van der Waals surface area contributed by atoms with Crippen LogP contribution in [0.2, 0.25) is 0 Å². The van der Waals surface area contributed by atoms with Gasteiger partial charge in [0.05, 0.1) is 0 Å². The Morgan fingerprint density at radius 1 is 1.00 bits per heavy atom. The van der Waals surface area contributed by atoms with Crippen LogP contribution >= 0.6 is 24.1 Å². The van der Waals surface area contributed by atoms with Crippen LogP contribution in [0.15, 0.2) is 0 Å². The van der Waals surface area contributed by atoms with E-state index in [2.05, 4.69) is 13.8 Å². The van der Waals surface area contributed by atoms with Gasteiger partial charge in [-0.3, -0.25) is 0 Å². The molecule has 0 radical (unpaired) electrons. The molecular weight excluding hydrogens is 327 g/mol. The van der Waals surface area contributed by atoms with Gasteiger partial charge < -0.3 is 0 Å². The molecule has 0 rings (SSSR count). The molecule has 0 aliphatic carbocycles. The van der Waals surface area contributed by atoms with Crippen LogP contribution in [-0.4, -0.2) is 32.1 Å². The van der Waals surface area contributed by atoms with E-state index >= 15 is 0 Å². The number of unbranched alkanes of at least 4 members (excludes halogenated alkanes) is 2. The summed E-state index contributed by atoms with van der Waals surface area (Å²) in [6, 6.07) is 0. The fourth-order valence-corrected chi connectivity index (χ4v) is 5.67. The Bertz CT molecular complexity index is 133. The number of hydrogen-bond acceptors (Lipinski definition) is 5. The van der Waals surface area contributed by atoms with Gasteiger partial charge in [-0.05, 0) is 0 Å². The molecule has 0 saturated heterocycles. The normalized spacial score (nSPS) is 10.4. The molecule has 84 valence electrons. The molecule has 0 bridgehead atoms. The zero-order valence-corrected chi connectivity index (χ0v) is 13.3. The molecule has 0 fully saturated rings. The standard InChI is InChI=1S/2C4H10OS.O.Sn/c2*1-2-3-4-6-5;;/h2*5H,2-4H2,1H3;;/q;;;+2/p-2. The quantitative estimate of drug-likeness (QED) is 0.345. The van der Waals surface area contributed by atoms with Crippen molar-refractivity contribution in [2.75, 3.05) is 11.5 Å². The Labute approximate surface area is 103 Å². The number of rotatable bonds is 10. The van der Waals surface area contributed by atoms with Crippen molar-refractivity contribution in [2.45, 2.75) is 39.5 Å². The minimum atomic E-state index is -3.14. The first-order chi connectivity index (χ1) is 6.81. The fourth-order valence-electron chi connectivity index (χ4n) is 0.600. The van der Waals surface area contributed by atoms with E-state index in [-0.39, 0.29) is 0 Å². The Kier molecular flexibility index (Phi) is 13.4. The zero-order chi connectivity index (χ0) is 10.6. The molecular formula is C8H18O3S2Sn. The fraction of sp³-hybridized carbons (Fsp3) is 1.00. The summed E-state index contributed by atoms with van der Waals surface area (Å²) in [5.74, 6) is 1.82. The summed E-state index contributed by atoms with van der Waals surface area (Å²) in [5.41, 5.74) is 0. The van der Waals surface area contributed by atoms with Gasteiger partial charge in [-0.1, -0.05) is 0 Å². The molecule has 0 atom stereocenters. The van der Waals surface area contributed by atoms with Gasteiger partial charge in [-0.15, -0.1) is 0 Å². The maximum absolute atomic E-state index is 11.2. The minimum absolute atomic E-state index is 0.909. The van der Waals surface area contributed by atoms with Crippen molar-refractivity contribution in [3.63, 3.8) is 0 Å². The van der Waals surface area contributed by atoms with Crippen molar-refractivity contribution >= 4 is 44.7 Å². The van der Waals surface area contributed by atoms with Crippen molar-refractivity contribution in [3.05, 3.63) is 0 Å². The summed E-state index contributed by atoms with van der Waals surface area (Å²) in [6.07, 6.45) is 4.48. The number of hydrogen-bond donors (Lipinski definition) is 0. The molecule has 0 amide bonds. The topological polar surface area (TPSA) is 35.5 Å². The molecule has 0 aromatic heterocycles. The average Bonchev–Trinajstić information content (AvgIpc) is 2.19. The van der Waals surface area contributed by atoms with E-state index in [1.54, 1.807) is 0 Å². The average molecular weight is 345 g/mol. The van der Waals surface area contributed by atoms with Crippen LogP contribution in [0.5, 0.6) is 0 Å². The van der Waals surface area contributed by atoms with E-state index in [1.165, 1.54) is 24.1 Å². The van der Waals surface area contributed by atoms with Crippen molar-refractivity contribution in [2.24, 2.45) is 0 Å². The third-order valence-electron chi connectivity index (χ3n) is 1.42. The summed E-state index contributed by atoms with van der Waals surface area (Å²) in [7, 11) is 0. The van der Waals surface area contributed by atoms with Gasteiger partial charge >= 0.3 is 104 Å². The van der Waals surface area contributed by atoms with E-state index in [4.69, 9.17) is 5.04 Å². The Morgan fingerprint density at radius 2 is 1.43 bits per heavy atom. The maximum atomic E-state index is 11.2. The Morgan fingerprint density at radius 3 is 1.79 bits per heavy atom. The first kappa shape index (κ1) is 15.2. The summed E-state index contributed by atoms with van der Waals surface area (Å²) >= 11 is -0.564. The van der Waals surface area contributed by atoms with E-state index in [0.717, 1.165) is 37.2 Å². The third kappa shape index (κ3) is 11.3. The van der Waals surface area contributed by atoms with E-state index < -0.39 is 20.6 Å². The zero-order valence-electron chi connectivity index (χ0n) is 8.78. The molecule has 3 nitrogen and oxygen atoms in total. The summed E-state index contributed by atoms with van der Waals surface area (Å²) in [4.78, 5) is 0. The van der Waals surface area contributed by atoms with Crippen LogP contribution < -0.4 is 0 Å². The molecule has 6 heteroatoms. The van der Waals surface area contributed by atoms with Gasteiger partial charge in [0.2, 0.25) is 0 Å². The second-order valence-corrected chi connectivity index (χ2v) is 8.67. The Balaban J connectivity index is 3.11. The van der Waals surface area contributed by atoms with Crippen LogP contribution in [0.4, 0.5) is 0 Å². The Hall–Kier alpha value is 1.22. The molecule has 0 aliphatic heterocycles.